The van der Waals surface area contributed by atoms with E-state index in [1.54, 1.807) is 37.0 Å². The van der Waals surface area contributed by atoms with E-state index in [4.69, 9.17) is 9.47 Å². The normalized spacial score (nSPS) is 12.8. The maximum absolute atomic E-state index is 12.4. The number of amides is 1. The summed E-state index contributed by atoms with van der Waals surface area (Å²) in [5.41, 5.74) is 1.85. The van der Waals surface area contributed by atoms with E-state index in [2.05, 4.69) is 10.4 Å². The summed E-state index contributed by atoms with van der Waals surface area (Å²) in [6.07, 6.45) is 1.64. The van der Waals surface area contributed by atoms with Gasteiger partial charge in [-0.15, -0.1) is 0 Å². The molecule has 1 aliphatic rings. The van der Waals surface area contributed by atoms with Gasteiger partial charge >= 0.3 is 0 Å². The van der Waals surface area contributed by atoms with E-state index in [0.717, 1.165) is 0 Å². The molecule has 0 fully saturated rings. The van der Waals surface area contributed by atoms with Gasteiger partial charge in [-0.05, 0) is 19.9 Å². The van der Waals surface area contributed by atoms with Gasteiger partial charge in [0.2, 0.25) is 0 Å². The molecule has 1 N–H and O–H groups in total. The molecule has 0 bridgehead atoms. The topological polar surface area (TPSA) is 82.5 Å². The summed E-state index contributed by atoms with van der Waals surface area (Å²) in [6, 6.07) is 3.22. The molecule has 3 rings (SSSR count). The lowest BCUT2D eigenvalue weighted by Gasteiger charge is -2.20. The molecule has 1 aliphatic heterocycles. The standard InChI is InChI=1S/C16H17N3O4/c1-9-12(8-19(3)18-9)16(21)17-13-7-15-14(22-4-5-23-15)6-11(13)10(2)20/h6-8H,4-5H2,1-3H3,(H,17,21). The Hall–Kier alpha value is -2.83. The quantitative estimate of drug-likeness (QED) is 0.876. The lowest BCUT2D eigenvalue weighted by molar-refractivity contribution is 0.101. The zero-order valence-electron chi connectivity index (χ0n) is 13.2. The van der Waals surface area contributed by atoms with Crippen LogP contribution in [0.15, 0.2) is 18.3 Å². The zero-order chi connectivity index (χ0) is 16.6. The number of carbonyl (C=O) groups excluding carboxylic acids is 2. The highest BCUT2D eigenvalue weighted by atomic mass is 16.6. The van der Waals surface area contributed by atoms with Crippen molar-refractivity contribution in [1.29, 1.82) is 0 Å². The van der Waals surface area contributed by atoms with Gasteiger partial charge < -0.3 is 14.8 Å². The van der Waals surface area contributed by atoms with Crippen LogP contribution in [0, 0.1) is 6.92 Å². The zero-order valence-corrected chi connectivity index (χ0v) is 13.2. The third kappa shape index (κ3) is 2.90. The van der Waals surface area contributed by atoms with Crippen molar-refractivity contribution in [2.45, 2.75) is 13.8 Å². The Morgan fingerprint density at radius 1 is 1.17 bits per heavy atom. The minimum Gasteiger partial charge on any atom is -0.486 e. The van der Waals surface area contributed by atoms with Crippen LogP contribution in [-0.4, -0.2) is 34.7 Å². The molecule has 1 amide bonds. The number of benzene rings is 1. The molecule has 1 aromatic carbocycles. The van der Waals surface area contributed by atoms with Crippen LogP contribution >= 0.6 is 0 Å². The van der Waals surface area contributed by atoms with E-state index >= 15 is 0 Å². The van der Waals surface area contributed by atoms with Crippen molar-refractivity contribution >= 4 is 17.4 Å². The molecule has 23 heavy (non-hydrogen) atoms. The van der Waals surface area contributed by atoms with Gasteiger partial charge in [0.25, 0.3) is 5.91 Å². The monoisotopic (exact) mass is 315 g/mol. The molecule has 2 aromatic rings. The minimum atomic E-state index is -0.324. The van der Waals surface area contributed by atoms with Crippen molar-refractivity contribution in [1.82, 2.24) is 9.78 Å². The van der Waals surface area contributed by atoms with Gasteiger partial charge in [0, 0.05) is 24.9 Å². The van der Waals surface area contributed by atoms with Crippen LogP contribution in [0.4, 0.5) is 5.69 Å². The second-order valence-electron chi connectivity index (χ2n) is 5.35. The molecule has 2 heterocycles. The average Bonchev–Trinajstić information content (AvgIpc) is 2.85. The summed E-state index contributed by atoms with van der Waals surface area (Å²) >= 11 is 0. The van der Waals surface area contributed by atoms with E-state index in [1.165, 1.54) is 6.92 Å². The Morgan fingerprint density at radius 3 is 2.39 bits per heavy atom. The van der Waals surface area contributed by atoms with E-state index in [9.17, 15) is 9.59 Å². The van der Waals surface area contributed by atoms with Crippen LogP contribution in [0.3, 0.4) is 0 Å². The number of aromatic nitrogens is 2. The molecule has 1 aromatic heterocycles. The maximum atomic E-state index is 12.4. The molecule has 7 nitrogen and oxygen atoms in total. The van der Waals surface area contributed by atoms with Crippen LogP contribution in [0.1, 0.15) is 33.3 Å². The first kappa shape index (κ1) is 15.1. The largest absolute Gasteiger partial charge is 0.486 e. The van der Waals surface area contributed by atoms with Crippen molar-refractivity contribution in [3.8, 4) is 11.5 Å². The van der Waals surface area contributed by atoms with Crippen LogP contribution in [-0.2, 0) is 7.05 Å². The number of Topliss-reactive ketones (excluding diaryl/α,β-unsaturated/α-hetero) is 1. The second kappa shape index (κ2) is 5.75. The molecule has 0 radical (unpaired) electrons. The lowest BCUT2D eigenvalue weighted by atomic mass is 10.1. The summed E-state index contributed by atoms with van der Waals surface area (Å²) in [5, 5.41) is 6.91. The van der Waals surface area contributed by atoms with Crippen molar-refractivity contribution < 1.29 is 19.1 Å². The Labute approximate surface area is 133 Å². The average molecular weight is 315 g/mol. The number of hydrogen-bond acceptors (Lipinski definition) is 5. The molecular formula is C16H17N3O4. The number of fused-ring (bicyclic) bond motifs is 1. The van der Waals surface area contributed by atoms with Crippen molar-refractivity contribution in [3.05, 3.63) is 35.2 Å². The lowest BCUT2D eigenvalue weighted by Crippen LogP contribution is -2.18. The number of ether oxygens (including phenoxy) is 2. The van der Waals surface area contributed by atoms with Crippen LogP contribution in [0.2, 0.25) is 0 Å². The van der Waals surface area contributed by atoms with Crippen LogP contribution < -0.4 is 14.8 Å². The van der Waals surface area contributed by atoms with Crippen LogP contribution in [0.25, 0.3) is 0 Å². The number of nitrogens with one attached hydrogen (secondary N) is 1. The number of nitrogens with zero attached hydrogens (tertiary/aromatic N) is 2. The number of ketones is 1. The smallest absolute Gasteiger partial charge is 0.259 e. The van der Waals surface area contributed by atoms with Gasteiger partial charge in [-0.2, -0.15) is 5.10 Å². The molecule has 0 aliphatic carbocycles. The molecule has 7 heteroatoms. The highest BCUT2D eigenvalue weighted by Crippen LogP contribution is 2.36. The molecule has 0 saturated heterocycles. The number of hydrogen-bond donors (Lipinski definition) is 1. The molecule has 0 spiro atoms. The predicted molar refractivity (Wildman–Crippen MR) is 83.3 cm³/mol. The number of carbonyl (C=O) groups is 2. The van der Waals surface area contributed by atoms with Crippen molar-refractivity contribution in [3.63, 3.8) is 0 Å². The van der Waals surface area contributed by atoms with Gasteiger partial charge in [-0.1, -0.05) is 0 Å². The summed E-state index contributed by atoms with van der Waals surface area (Å²) in [5.74, 6) is 0.534. The summed E-state index contributed by atoms with van der Waals surface area (Å²) in [7, 11) is 1.74. The van der Waals surface area contributed by atoms with Gasteiger partial charge in [0.1, 0.15) is 13.2 Å². The van der Waals surface area contributed by atoms with Crippen molar-refractivity contribution in [2.24, 2.45) is 7.05 Å². The fourth-order valence-corrected chi connectivity index (χ4v) is 2.50. The highest BCUT2D eigenvalue weighted by molar-refractivity contribution is 6.09. The SMILES string of the molecule is CC(=O)c1cc2c(cc1NC(=O)c1cn(C)nc1C)OCCO2. The Morgan fingerprint density at radius 2 is 1.83 bits per heavy atom. The Balaban J connectivity index is 1.96. The van der Waals surface area contributed by atoms with Crippen LogP contribution in [0.5, 0.6) is 11.5 Å². The van der Waals surface area contributed by atoms with E-state index in [-0.39, 0.29) is 11.7 Å². The fourth-order valence-electron chi connectivity index (χ4n) is 2.50. The second-order valence-corrected chi connectivity index (χ2v) is 5.35. The molecule has 0 unspecified atom stereocenters. The predicted octanol–water partition coefficient (Wildman–Crippen LogP) is 1.95. The van der Waals surface area contributed by atoms with E-state index < -0.39 is 0 Å². The summed E-state index contributed by atoms with van der Waals surface area (Å²) in [4.78, 5) is 24.3. The Kier molecular flexibility index (Phi) is 3.77. The third-order valence-corrected chi connectivity index (χ3v) is 3.57. The number of aryl methyl sites for hydroxylation is 2. The number of rotatable bonds is 3. The minimum absolute atomic E-state index is 0.166. The molecular weight excluding hydrogens is 298 g/mol. The fraction of sp³-hybridized carbons (Fsp3) is 0.312. The maximum Gasteiger partial charge on any atom is 0.259 e. The summed E-state index contributed by atoms with van der Waals surface area (Å²) in [6.45, 7) is 4.06. The van der Waals surface area contributed by atoms with E-state index in [0.29, 0.717) is 47.2 Å². The molecule has 120 valence electrons. The van der Waals surface area contributed by atoms with E-state index in [1.807, 2.05) is 0 Å². The van der Waals surface area contributed by atoms with Crippen molar-refractivity contribution in [2.75, 3.05) is 18.5 Å². The van der Waals surface area contributed by atoms with Gasteiger partial charge in [-0.3, -0.25) is 14.3 Å². The first-order valence-electron chi connectivity index (χ1n) is 7.22. The first-order valence-corrected chi connectivity index (χ1v) is 7.22. The van der Waals surface area contributed by atoms with Gasteiger partial charge in [-0.25, -0.2) is 0 Å². The first-order chi connectivity index (χ1) is 11.0. The highest BCUT2D eigenvalue weighted by Gasteiger charge is 2.20. The molecule has 0 atom stereocenters. The van der Waals surface area contributed by atoms with Gasteiger partial charge in [0.15, 0.2) is 17.3 Å². The molecule has 0 saturated carbocycles. The summed E-state index contributed by atoms with van der Waals surface area (Å²) < 4.78 is 12.6. The number of anilines is 1. The third-order valence-electron chi connectivity index (χ3n) is 3.57. The van der Waals surface area contributed by atoms with Gasteiger partial charge in [0.05, 0.1) is 16.9 Å². The Bertz CT molecular complexity index is 795.